The SMILES string of the molecule is Cc1ccc(C(=O)O)cc1Nc1cccc2c1C(=O)c1cccc(Nc3cc(C(=O)O)ccc3C)c1C2=O. The third-order valence-corrected chi connectivity index (χ3v) is 6.58. The zero-order valence-corrected chi connectivity index (χ0v) is 20.5. The molecule has 0 radical (unpaired) electrons. The van der Waals surface area contributed by atoms with Crippen molar-refractivity contribution >= 4 is 46.3 Å². The molecule has 0 amide bonds. The molecule has 1 aliphatic carbocycles. The quantitative estimate of drug-likeness (QED) is 0.222. The number of ketones is 2. The van der Waals surface area contributed by atoms with Crippen molar-refractivity contribution in [2.45, 2.75) is 13.8 Å². The van der Waals surface area contributed by atoms with Gasteiger partial charge in [0.2, 0.25) is 0 Å². The number of carbonyl (C=O) groups excluding carboxylic acids is 2. The van der Waals surface area contributed by atoms with Crippen LogP contribution in [0.5, 0.6) is 0 Å². The summed E-state index contributed by atoms with van der Waals surface area (Å²) in [6.07, 6.45) is 0. The molecular formula is C30H22N2O6. The lowest BCUT2D eigenvalue weighted by molar-refractivity contribution is 0.0686. The summed E-state index contributed by atoms with van der Waals surface area (Å²) >= 11 is 0. The number of rotatable bonds is 6. The third kappa shape index (κ3) is 4.18. The molecule has 4 aromatic rings. The molecule has 0 heterocycles. The van der Waals surface area contributed by atoms with Crippen LogP contribution in [0, 0.1) is 13.8 Å². The van der Waals surface area contributed by atoms with E-state index >= 15 is 0 Å². The maximum absolute atomic E-state index is 13.7. The Hall–Kier alpha value is -5.24. The van der Waals surface area contributed by atoms with E-state index in [1.807, 2.05) is 13.8 Å². The molecule has 0 aliphatic heterocycles. The second-order valence-corrected chi connectivity index (χ2v) is 9.03. The molecule has 38 heavy (non-hydrogen) atoms. The number of carboxylic acids is 2. The average molecular weight is 507 g/mol. The Bertz CT molecular complexity index is 1560. The Morgan fingerprint density at radius 1 is 0.579 bits per heavy atom. The van der Waals surface area contributed by atoms with Crippen LogP contribution in [-0.4, -0.2) is 33.7 Å². The number of nitrogens with one attached hydrogen (secondary N) is 2. The standard InChI is InChI=1S/C30H22N2O6/c1-15-9-11-17(29(35)36)13-23(15)31-21-7-3-5-19-25(21)27(33)20-6-4-8-22(26(20)28(19)34)32-24-14-18(30(37)38)12-10-16(24)2/h3-14,31-32H,1-2H3,(H,35,36)(H,37,38). The number of carboxylic acid groups (broad SMARTS) is 2. The van der Waals surface area contributed by atoms with Crippen molar-refractivity contribution < 1.29 is 29.4 Å². The van der Waals surface area contributed by atoms with E-state index in [0.29, 0.717) is 22.7 Å². The topological polar surface area (TPSA) is 133 Å². The first-order valence-electron chi connectivity index (χ1n) is 11.7. The lowest BCUT2D eigenvalue weighted by Crippen LogP contribution is -2.23. The summed E-state index contributed by atoms with van der Waals surface area (Å²) in [5.41, 5.74) is 4.35. The number of aromatic carboxylic acids is 2. The predicted octanol–water partition coefficient (Wildman–Crippen LogP) is 5.96. The minimum atomic E-state index is -1.08. The Labute approximate surface area is 217 Å². The Morgan fingerprint density at radius 3 is 1.34 bits per heavy atom. The Balaban J connectivity index is 1.57. The molecule has 8 nitrogen and oxygen atoms in total. The van der Waals surface area contributed by atoms with Gasteiger partial charge in [-0.3, -0.25) is 9.59 Å². The van der Waals surface area contributed by atoms with Crippen LogP contribution in [0.25, 0.3) is 0 Å². The van der Waals surface area contributed by atoms with Crippen molar-refractivity contribution in [3.8, 4) is 0 Å². The molecule has 0 spiro atoms. The van der Waals surface area contributed by atoms with Gasteiger partial charge in [0.15, 0.2) is 11.6 Å². The molecule has 188 valence electrons. The minimum absolute atomic E-state index is 0.0913. The molecule has 1 aliphatic rings. The fourth-order valence-corrected chi connectivity index (χ4v) is 4.52. The van der Waals surface area contributed by atoms with Gasteiger partial charge in [0.25, 0.3) is 0 Å². The van der Waals surface area contributed by atoms with Crippen molar-refractivity contribution in [1.29, 1.82) is 0 Å². The Kier molecular flexibility index (Phi) is 6.00. The number of aryl methyl sites for hydroxylation is 2. The molecule has 5 rings (SSSR count). The van der Waals surface area contributed by atoms with Crippen LogP contribution >= 0.6 is 0 Å². The number of hydrogen-bond acceptors (Lipinski definition) is 6. The van der Waals surface area contributed by atoms with Crippen molar-refractivity contribution in [3.63, 3.8) is 0 Å². The lowest BCUT2D eigenvalue weighted by Gasteiger charge is -2.24. The minimum Gasteiger partial charge on any atom is -0.478 e. The van der Waals surface area contributed by atoms with E-state index in [1.165, 1.54) is 24.3 Å². The summed E-state index contributed by atoms with van der Waals surface area (Å²) < 4.78 is 0. The van der Waals surface area contributed by atoms with Crippen LogP contribution in [0.1, 0.15) is 63.7 Å². The monoisotopic (exact) mass is 506 g/mol. The van der Waals surface area contributed by atoms with E-state index in [1.54, 1.807) is 48.5 Å². The zero-order chi connectivity index (χ0) is 27.1. The average Bonchev–Trinajstić information content (AvgIpc) is 2.89. The largest absolute Gasteiger partial charge is 0.478 e. The van der Waals surface area contributed by atoms with Crippen LogP contribution in [0.4, 0.5) is 22.7 Å². The van der Waals surface area contributed by atoms with Gasteiger partial charge in [-0.2, -0.15) is 0 Å². The predicted molar refractivity (Wildman–Crippen MR) is 143 cm³/mol. The van der Waals surface area contributed by atoms with E-state index in [0.717, 1.165) is 11.1 Å². The van der Waals surface area contributed by atoms with Crippen molar-refractivity contribution in [2.24, 2.45) is 0 Å². The molecule has 0 fully saturated rings. The molecule has 4 N–H and O–H groups in total. The molecule has 0 atom stereocenters. The van der Waals surface area contributed by atoms with E-state index in [4.69, 9.17) is 0 Å². The molecule has 0 saturated carbocycles. The van der Waals surface area contributed by atoms with E-state index < -0.39 is 11.9 Å². The maximum Gasteiger partial charge on any atom is 0.335 e. The van der Waals surface area contributed by atoms with E-state index in [2.05, 4.69) is 10.6 Å². The summed E-state index contributed by atoms with van der Waals surface area (Å²) in [6.45, 7) is 3.62. The van der Waals surface area contributed by atoms with Gasteiger partial charge < -0.3 is 20.8 Å². The highest BCUT2D eigenvalue weighted by Gasteiger charge is 2.33. The second kappa shape index (κ2) is 9.33. The number of fused-ring (bicyclic) bond motifs is 2. The summed E-state index contributed by atoms with van der Waals surface area (Å²) in [7, 11) is 0. The van der Waals surface area contributed by atoms with E-state index in [9.17, 15) is 29.4 Å². The first-order valence-corrected chi connectivity index (χ1v) is 11.7. The summed E-state index contributed by atoms with van der Waals surface area (Å²) in [5, 5.41) is 25.0. The van der Waals surface area contributed by atoms with Gasteiger partial charge >= 0.3 is 11.9 Å². The van der Waals surface area contributed by atoms with Crippen LogP contribution in [-0.2, 0) is 0 Å². The van der Waals surface area contributed by atoms with Gasteiger partial charge in [0, 0.05) is 22.5 Å². The van der Waals surface area contributed by atoms with Crippen LogP contribution in [0.15, 0.2) is 72.8 Å². The molecule has 8 heteroatoms. The fraction of sp³-hybridized carbons (Fsp3) is 0.0667. The maximum atomic E-state index is 13.7. The summed E-state index contributed by atoms with van der Waals surface area (Å²) in [4.78, 5) is 50.4. The number of hydrogen-bond donors (Lipinski definition) is 4. The number of anilines is 4. The molecule has 0 bridgehead atoms. The van der Waals surface area contributed by atoms with E-state index in [-0.39, 0.29) is 44.9 Å². The highest BCUT2D eigenvalue weighted by Crippen LogP contribution is 2.38. The molecule has 0 saturated heterocycles. The van der Waals surface area contributed by atoms with Crippen molar-refractivity contribution in [1.82, 2.24) is 0 Å². The van der Waals surface area contributed by atoms with Crippen LogP contribution < -0.4 is 10.6 Å². The van der Waals surface area contributed by atoms with Gasteiger partial charge in [-0.05, 0) is 61.4 Å². The highest BCUT2D eigenvalue weighted by molar-refractivity contribution is 6.32. The normalized spacial score (nSPS) is 11.9. The summed E-state index contributed by atoms with van der Waals surface area (Å²) in [6, 6.07) is 19.1. The van der Waals surface area contributed by atoms with Crippen LogP contribution in [0.2, 0.25) is 0 Å². The smallest absolute Gasteiger partial charge is 0.335 e. The fourth-order valence-electron chi connectivity index (χ4n) is 4.52. The van der Waals surface area contributed by atoms with Gasteiger partial charge in [-0.25, -0.2) is 9.59 Å². The highest BCUT2D eigenvalue weighted by atomic mass is 16.4. The summed E-state index contributed by atoms with van der Waals surface area (Å²) in [5.74, 6) is -2.87. The van der Waals surface area contributed by atoms with Crippen molar-refractivity contribution in [2.75, 3.05) is 10.6 Å². The second-order valence-electron chi connectivity index (χ2n) is 9.03. The first-order chi connectivity index (χ1) is 18.2. The van der Waals surface area contributed by atoms with Gasteiger partial charge in [-0.15, -0.1) is 0 Å². The molecule has 0 aromatic heterocycles. The lowest BCUT2D eigenvalue weighted by atomic mass is 9.82. The molecular weight excluding hydrogens is 484 g/mol. The van der Waals surface area contributed by atoms with Crippen LogP contribution in [0.3, 0.4) is 0 Å². The van der Waals surface area contributed by atoms with Crippen molar-refractivity contribution in [3.05, 3.63) is 117 Å². The van der Waals surface area contributed by atoms with Gasteiger partial charge in [0.1, 0.15) is 0 Å². The number of benzene rings is 4. The first kappa shape index (κ1) is 24.5. The Morgan fingerprint density at radius 2 is 0.974 bits per heavy atom. The molecule has 0 unspecified atom stereocenters. The number of carbonyl (C=O) groups is 4. The van der Waals surface area contributed by atoms with Gasteiger partial charge in [0.05, 0.1) is 33.6 Å². The zero-order valence-electron chi connectivity index (χ0n) is 20.5. The third-order valence-electron chi connectivity index (χ3n) is 6.58. The molecule has 4 aromatic carbocycles. The van der Waals surface area contributed by atoms with Gasteiger partial charge in [-0.1, -0.05) is 36.4 Å².